The van der Waals surface area contributed by atoms with Crippen LogP contribution >= 0.6 is 0 Å². The van der Waals surface area contributed by atoms with Crippen molar-refractivity contribution in [3.05, 3.63) is 18.0 Å². The van der Waals surface area contributed by atoms with Crippen LogP contribution in [-0.2, 0) is 16.4 Å². The van der Waals surface area contributed by atoms with E-state index in [1.807, 2.05) is 4.90 Å². The van der Waals surface area contributed by atoms with E-state index in [0.717, 1.165) is 10.9 Å². The maximum Gasteiger partial charge on any atom is 0.257 e. The van der Waals surface area contributed by atoms with Crippen molar-refractivity contribution in [1.29, 1.82) is 0 Å². The Labute approximate surface area is 178 Å². The lowest BCUT2D eigenvalue weighted by molar-refractivity contribution is 0.122. The average molecular weight is 462 g/mol. The second kappa shape index (κ2) is 9.39. The highest BCUT2D eigenvalue weighted by Gasteiger charge is 2.32. The van der Waals surface area contributed by atoms with Crippen molar-refractivity contribution in [2.75, 3.05) is 42.7 Å². The fourth-order valence-corrected chi connectivity index (χ4v) is 4.19. The van der Waals surface area contributed by atoms with Gasteiger partial charge in [0.2, 0.25) is 5.95 Å². The third-order valence-corrected chi connectivity index (χ3v) is 6.05. The lowest BCUT2D eigenvalue weighted by Gasteiger charge is -2.24. The number of nitrogens with one attached hydrogen (secondary N) is 1. The number of hydrogen-bond acceptors (Lipinski definition) is 8. The van der Waals surface area contributed by atoms with Crippen LogP contribution in [0.5, 0.6) is 0 Å². The molecule has 9 nitrogen and oxygen atoms in total. The summed E-state index contributed by atoms with van der Waals surface area (Å²) >= 11 is 0. The van der Waals surface area contributed by atoms with Gasteiger partial charge in [0, 0.05) is 49.3 Å². The molecular formula is C18H26F3N7O2S. The van der Waals surface area contributed by atoms with Gasteiger partial charge < -0.3 is 11.1 Å². The first-order chi connectivity index (χ1) is 14.5. The second-order valence-electron chi connectivity index (χ2n) is 7.74. The van der Waals surface area contributed by atoms with Crippen molar-refractivity contribution in [3.8, 4) is 11.3 Å². The lowest BCUT2D eigenvalue weighted by Crippen LogP contribution is -2.38. The summed E-state index contributed by atoms with van der Waals surface area (Å²) in [5.74, 6) is 0.394. The molecule has 172 valence electrons. The van der Waals surface area contributed by atoms with Crippen molar-refractivity contribution < 1.29 is 21.6 Å². The molecule has 1 aliphatic rings. The molecule has 2 atom stereocenters. The zero-order chi connectivity index (χ0) is 22.8. The van der Waals surface area contributed by atoms with Crippen LogP contribution in [0, 0.1) is 6.92 Å². The van der Waals surface area contributed by atoms with E-state index in [-0.39, 0.29) is 37.3 Å². The van der Waals surface area contributed by atoms with Crippen LogP contribution in [0.4, 0.5) is 24.9 Å². The number of halogens is 3. The molecule has 2 aromatic heterocycles. The van der Waals surface area contributed by atoms with Crippen molar-refractivity contribution in [1.82, 2.24) is 24.6 Å². The van der Waals surface area contributed by atoms with Gasteiger partial charge in [-0.3, -0.25) is 9.58 Å². The number of rotatable bonds is 9. The Balaban J connectivity index is 1.74. The predicted octanol–water partition coefficient (Wildman–Crippen LogP) is 1.36. The number of hydrogen-bond donors (Lipinski definition) is 2. The van der Waals surface area contributed by atoms with Crippen molar-refractivity contribution in [2.45, 2.75) is 38.5 Å². The lowest BCUT2D eigenvalue weighted by atomic mass is 10.1. The van der Waals surface area contributed by atoms with Crippen LogP contribution in [0.1, 0.15) is 12.0 Å². The Bertz CT molecular complexity index is 1020. The highest BCUT2D eigenvalue weighted by molar-refractivity contribution is 7.90. The van der Waals surface area contributed by atoms with Gasteiger partial charge in [-0.05, 0) is 13.3 Å². The molecule has 0 aromatic carbocycles. The third-order valence-electron chi connectivity index (χ3n) is 5.13. The van der Waals surface area contributed by atoms with Crippen molar-refractivity contribution in [2.24, 2.45) is 0 Å². The molecule has 3 N–H and O–H groups in total. The van der Waals surface area contributed by atoms with Crippen LogP contribution in [-0.4, -0.2) is 83.3 Å². The number of nitrogens with zero attached hydrogens (tertiary/aromatic N) is 5. The number of sulfone groups is 1. The molecular weight excluding hydrogens is 435 g/mol. The summed E-state index contributed by atoms with van der Waals surface area (Å²) < 4.78 is 63.2. The number of nitrogens with two attached hydrogens (primary N) is 1. The smallest absolute Gasteiger partial charge is 0.257 e. The fraction of sp³-hybridized carbons (Fsp3) is 0.611. The van der Waals surface area contributed by atoms with Gasteiger partial charge in [-0.2, -0.15) is 10.1 Å². The molecule has 2 aromatic rings. The topological polar surface area (TPSA) is 119 Å². The molecule has 3 heterocycles. The van der Waals surface area contributed by atoms with Gasteiger partial charge in [0.15, 0.2) is 0 Å². The van der Waals surface area contributed by atoms with Gasteiger partial charge >= 0.3 is 0 Å². The van der Waals surface area contributed by atoms with Crippen LogP contribution in [0.15, 0.2) is 12.4 Å². The number of likely N-dealkylation sites (tertiary alicyclic amines) is 1. The summed E-state index contributed by atoms with van der Waals surface area (Å²) in [6.45, 7) is 2.01. The highest BCUT2D eigenvalue weighted by Crippen LogP contribution is 2.27. The highest BCUT2D eigenvalue weighted by atomic mass is 32.2. The first-order valence-electron chi connectivity index (χ1n) is 9.76. The zero-order valence-electron chi connectivity index (χ0n) is 17.3. The van der Waals surface area contributed by atoms with Gasteiger partial charge in [-0.1, -0.05) is 0 Å². The fourth-order valence-electron chi connectivity index (χ4n) is 3.62. The standard InChI is InChI=1S/C18H26F3N7O2S/c1-11-16(12-6-24-28(8-12)10-15(20)21)25-18(22)26-17(11)23-7-14-5-13(19)9-27(14)3-4-31(2,29)30/h6,8,13-15H,3-5,7,9-10H2,1-2H3,(H3,22,23,25,26)/t13-,14-/m0/s1. The molecule has 1 aliphatic heterocycles. The quantitative estimate of drug-likeness (QED) is 0.575. The van der Waals surface area contributed by atoms with E-state index >= 15 is 0 Å². The summed E-state index contributed by atoms with van der Waals surface area (Å²) in [5, 5.41) is 7.07. The first-order valence-corrected chi connectivity index (χ1v) is 11.8. The Hall–Kier alpha value is -2.41. The third kappa shape index (κ3) is 6.29. The van der Waals surface area contributed by atoms with Crippen molar-refractivity contribution in [3.63, 3.8) is 0 Å². The van der Waals surface area contributed by atoms with Gasteiger partial charge in [-0.15, -0.1) is 0 Å². The van der Waals surface area contributed by atoms with Crippen LogP contribution in [0.2, 0.25) is 0 Å². The number of aromatic nitrogens is 4. The van der Waals surface area contributed by atoms with Crippen LogP contribution < -0.4 is 11.1 Å². The van der Waals surface area contributed by atoms with Gasteiger partial charge in [0.1, 0.15) is 28.4 Å². The van der Waals surface area contributed by atoms with Crippen molar-refractivity contribution >= 4 is 21.6 Å². The van der Waals surface area contributed by atoms with Crippen LogP contribution in [0.25, 0.3) is 11.3 Å². The normalized spacial score (nSPS) is 19.9. The summed E-state index contributed by atoms with van der Waals surface area (Å²) in [6.07, 6.45) is 0.767. The summed E-state index contributed by atoms with van der Waals surface area (Å²) in [5.41, 5.74) is 7.46. The molecule has 0 bridgehead atoms. The molecule has 0 aliphatic carbocycles. The Morgan fingerprint density at radius 2 is 2.10 bits per heavy atom. The maximum absolute atomic E-state index is 14.0. The van der Waals surface area contributed by atoms with E-state index in [1.54, 1.807) is 6.92 Å². The maximum atomic E-state index is 14.0. The molecule has 13 heteroatoms. The van der Waals surface area contributed by atoms with E-state index in [4.69, 9.17) is 5.73 Å². The van der Waals surface area contributed by atoms with E-state index in [1.165, 1.54) is 12.4 Å². The number of nitrogen functional groups attached to an aromatic ring is 1. The molecule has 0 unspecified atom stereocenters. The number of anilines is 2. The summed E-state index contributed by atoms with van der Waals surface area (Å²) in [7, 11) is -3.15. The Morgan fingerprint density at radius 3 is 2.77 bits per heavy atom. The molecule has 1 saturated heterocycles. The summed E-state index contributed by atoms with van der Waals surface area (Å²) in [4.78, 5) is 10.2. The molecule has 0 saturated carbocycles. The Kier molecular flexibility index (Phi) is 7.04. The summed E-state index contributed by atoms with van der Waals surface area (Å²) in [6, 6.07) is -0.204. The van der Waals surface area contributed by atoms with Crippen LogP contribution in [0.3, 0.4) is 0 Å². The largest absolute Gasteiger partial charge is 0.368 e. The zero-order valence-corrected chi connectivity index (χ0v) is 18.1. The minimum atomic E-state index is -3.15. The predicted molar refractivity (Wildman–Crippen MR) is 111 cm³/mol. The molecule has 0 radical (unpaired) electrons. The monoisotopic (exact) mass is 461 g/mol. The van der Waals surface area contributed by atoms with E-state index < -0.39 is 29.0 Å². The Morgan fingerprint density at radius 1 is 1.35 bits per heavy atom. The number of alkyl halides is 3. The van der Waals surface area contributed by atoms with Gasteiger partial charge in [-0.25, -0.2) is 26.6 Å². The minimum absolute atomic E-state index is 0.00608. The molecule has 31 heavy (non-hydrogen) atoms. The minimum Gasteiger partial charge on any atom is -0.368 e. The molecule has 0 amide bonds. The SMILES string of the molecule is Cc1c(NC[C@@H]2C[C@H](F)CN2CCS(C)(=O)=O)nc(N)nc1-c1cnn(CC(F)F)c1. The van der Waals surface area contributed by atoms with E-state index in [2.05, 4.69) is 20.4 Å². The van der Waals surface area contributed by atoms with Gasteiger partial charge in [0.05, 0.1) is 17.6 Å². The molecule has 0 spiro atoms. The molecule has 1 fully saturated rings. The first kappa shape index (κ1) is 23.3. The van der Waals surface area contributed by atoms with E-state index in [0.29, 0.717) is 29.2 Å². The average Bonchev–Trinajstić information content (AvgIpc) is 3.25. The second-order valence-corrected chi connectivity index (χ2v) is 10.00. The molecule has 3 rings (SSSR count). The van der Waals surface area contributed by atoms with E-state index in [9.17, 15) is 21.6 Å². The van der Waals surface area contributed by atoms with Gasteiger partial charge in [0.25, 0.3) is 6.43 Å².